The smallest absolute Gasteiger partial charge is 0.270 e. The van der Waals surface area contributed by atoms with Crippen LogP contribution in [0.5, 0.6) is 0 Å². The minimum absolute atomic E-state index is 0. The maximum absolute atomic E-state index is 12.8. The Labute approximate surface area is 208 Å². The largest absolute Gasteiger partial charge is 0.394 e. The fourth-order valence-corrected chi connectivity index (χ4v) is 4.13. The summed E-state index contributed by atoms with van der Waals surface area (Å²) in [6, 6.07) is 11.9. The average Bonchev–Trinajstić information content (AvgIpc) is 3.33. The molecule has 2 aromatic rings. The van der Waals surface area contributed by atoms with Crippen molar-refractivity contribution in [2.24, 2.45) is 5.16 Å². The first-order chi connectivity index (χ1) is 15.6. The lowest BCUT2D eigenvalue weighted by Gasteiger charge is -2.26. The molecule has 0 spiro atoms. The quantitative estimate of drug-likeness (QED) is 0.246. The molecule has 0 bridgehead atoms. The molecule has 1 amide bonds. The Morgan fingerprint density at radius 2 is 1.76 bits per heavy atom. The van der Waals surface area contributed by atoms with Gasteiger partial charge in [-0.3, -0.25) is 19.8 Å². The number of fused-ring (bicyclic) bond motifs is 2. The number of piperazine rings is 1. The number of amides is 1. The van der Waals surface area contributed by atoms with Crippen LogP contribution in [0.15, 0.2) is 53.3 Å². The van der Waals surface area contributed by atoms with E-state index in [1.165, 1.54) is 12.1 Å². The summed E-state index contributed by atoms with van der Waals surface area (Å²) in [5.74, 6) is -0.343. The highest BCUT2D eigenvalue weighted by molar-refractivity contribution is 6.39. The molecule has 180 valence electrons. The number of anilines is 2. The van der Waals surface area contributed by atoms with Crippen molar-refractivity contribution in [3.05, 3.63) is 69.4 Å². The van der Waals surface area contributed by atoms with Gasteiger partial charge in [0.1, 0.15) is 12.3 Å². The second-order valence-electron chi connectivity index (χ2n) is 7.73. The summed E-state index contributed by atoms with van der Waals surface area (Å²) in [6.07, 6.45) is 0. The Bertz CT molecular complexity index is 1160. The maximum Gasteiger partial charge on any atom is 0.270 e. The summed E-state index contributed by atoms with van der Waals surface area (Å²) in [5.41, 5.74) is 3.81. The molecule has 0 atom stereocenters. The first-order valence-corrected chi connectivity index (χ1v) is 10.5. The zero-order valence-corrected chi connectivity index (χ0v) is 19.7. The van der Waals surface area contributed by atoms with Crippen molar-refractivity contribution in [3.8, 4) is 0 Å². The van der Waals surface area contributed by atoms with E-state index in [-0.39, 0.29) is 36.4 Å². The van der Waals surface area contributed by atoms with Gasteiger partial charge >= 0.3 is 0 Å². The number of para-hydroxylation sites is 1. The van der Waals surface area contributed by atoms with Gasteiger partial charge in [0.25, 0.3) is 11.6 Å². The number of oxime groups is 1. The van der Waals surface area contributed by atoms with E-state index in [4.69, 9.17) is 4.84 Å². The molecule has 2 aromatic carbocycles. The van der Waals surface area contributed by atoms with Crippen LogP contribution in [0.3, 0.4) is 0 Å². The molecule has 0 aromatic heterocycles. The number of rotatable bonds is 5. The molecular formula is C22H24Cl2N6O4. The van der Waals surface area contributed by atoms with E-state index in [0.717, 1.165) is 44.0 Å². The highest BCUT2D eigenvalue weighted by Gasteiger charge is 2.35. The minimum atomic E-state index is -0.476. The third-order valence-electron chi connectivity index (χ3n) is 5.75. The van der Waals surface area contributed by atoms with Gasteiger partial charge < -0.3 is 20.8 Å². The van der Waals surface area contributed by atoms with Crippen molar-refractivity contribution >= 4 is 59.1 Å². The van der Waals surface area contributed by atoms with E-state index in [1.807, 2.05) is 24.3 Å². The van der Waals surface area contributed by atoms with E-state index in [9.17, 15) is 14.9 Å². The van der Waals surface area contributed by atoms with Crippen LogP contribution in [0.4, 0.5) is 17.1 Å². The Morgan fingerprint density at radius 1 is 1.03 bits per heavy atom. The number of nitro groups is 1. The van der Waals surface area contributed by atoms with Crippen LogP contribution in [0.1, 0.15) is 11.1 Å². The first kappa shape index (κ1) is 25.4. The predicted octanol–water partition coefficient (Wildman–Crippen LogP) is 2.85. The lowest BCUT2D eigenvalue weighted by molar-refractivity contribution is -0.384. The van der Waals surface area contributed by atoms with Gasteiger partial charge in [0, 0.05) is 67.4 Å². The molecule has 0 saturated carbocycles. The maximum atomic E-state index is 12.8. The standard InChI is InChI=1S/C22H22N6O4.2ClH/c29-22-19(16-13-14(28(30)31)5-6-18(16)25-22)21-20(15-3-1-2-4-17(15)24-21)26-32-12-11-27-9-7-23-8-10-27;;/h1-6,13,23-24H,7-12H2,(H,25,29);2*1H/b21-19-,26-20+;;. The van der Waals surface area contributed by atoms with Crippen molar-refractivity contribution in [1.82, 2.24) is 10.2 Å². The lowest BCUT2D eigenvalue weighted by atomic mass is 10.0. The fourth-order valence-electron chi connectivity index (χ4n) is 4.13. The number of carbonyl (C=O) groups is 1. The molecule has 3 heterocycles. The van der Waals surface area contributed by atoms with Crippen molar-refractivity contribution in [1.29, 1.82) is 0 Å². The Kier molecular flexibility index (Phi) is 8.11. The summed E-state index contributed by atoms with van der Waals surface area (Å²) in [6.45, 7) is 5.04. The molecule has 1 saturated heterocycles. The molecule has 0 aliphatic carbocycles. The summed E-state index contributed by atoms with van der Waals surface area (Å²) < 4.78 is 0. The summed E-state index contributed by atoms with van der Waals surface area (Å²) in [7, 11) is 0. The zero-order chi connectivity index (χ0) is 22.1. The van der Waals surface area contributed by atoms with E-state index >= 15 is 0 Å². The van der Waals surface area contributed by atoms with Crippen LogP contribution in [0, 0.1) is 10.1 Å². The number of nitro benzene ring substituents is 1. The molecule has 0 unspecified atom stereocenters. The lowest BCUT2D eigenvalue weighted by Crippen LogP contribution is -2.44. The van der Waals surface area contributed by atoms with Crippen molar-refractivity contribution in [2.75, 3.05) is 50.0 Å². The Morgan fingerprint density at radius 3 is 2.53 bits per heavy atom. The van der Waals surface area contributed by atoms with Gasteiger partial charge in [-0.25, -0.2) is 0 Å². The van der Waals surface area contributed by atoms with Gasteiger partial charge in [-0.1, -0.05) is 23.4 Å². The van der Waals surface area contributed by atoms with Crippen LogP contribution in [0.2, 0.25) is 0 Å². The van der Waals surface area contributed by atoms with Crippen LogP contribution >= 0.6 is 24.8 Å². The number of nitrogens with zero attached hydrogens (tertiary/aromatic N) is 3. The monoisotopic (exact) mass is 506 g/mol. The topological polar surface area (TPSA) is 121 Å². The van der Waals surface area contributed by atoms with Crippen molar-refractivity contribution in [2.45, 2.75) is 0 Å². The highest BCUT2D eigenvalue weighted by atomic mass is 35.5. The van der Waals surface area contributed by atoms with Gasteiger partial charge in [0.05, 0.1) is 16.2 Å². The van der Waals surface area contributed by atoms with E-state index < -0.39 is 4.92 Å². The molecular weight excluding hydrogens is 483 g/mol. The second-order valence-corrected chi connectivity index (χ2v) is 7.73. The molecule has 3 aliphatic rings. The fraction of sp³-hybridized carbons (Fsp3) is 0.273. The van der Waals surface area contributed by atoms with Gasteiger partial charge in [-0.15, -0.1) is 24.8 Å². The normalized spacial score (nSPS) is 19.9. The Hall–Kier alpha value is -3.18. The van der Waals surface area contributed by atoms with E-state index in [1.54, 1.807) is 6.07 Å². The first-order valence-electron chi connectivity index (χ1n) is 10.5. The van der Waals surface area contributed by atoms with Gasteiger partial charge in [-0.05, 0) is 12.1 Å². The third kappa shape index (κ3) is 4.85. The third-order valence-corrected chi connectivity index (χ3v) is 5.75. The second kappa shape index (κ2) is 10.8. The molecule has 0 radical (unpaired) electrons. The van der Waals surface area contributed by atoms with Crippen molar-refractivity contribution < 1.29 is 14.6 Å². The predicted molar refractivity (Wildman–Crippen MR) is 135 cm³/mol. The number of nitrogens with one attached hydrogen (secondary N) is 3. The molecule has 3 N–H and O–H groups in total. The molecule has 34 heavy (non-hydrogen) atoms. The summed E-state index contributed by atoms with van der Waals surface area (Å²) in [5, 5.41) is 25.0. The van der Waals surface area contributed by atoms with Gasteiger partial charge in [-0.2, -0.15) is 0 Å². The Balaban J connectivity index is 0.00000162. The number of hydrogen-bond acceptors (Lipinski definition) is 8. The van der Waals surface area contributed by atoms with Crippen molar-refractivity contribution in [3.63, 3.8) is 0 Å². The van der Waals surface area contributed by atoms with Gasteiger partial charge in [0.2, 0.25) is 0 Å². The molecule has 10 nitrogen and oxygen atoms in total. The number of non-ortho nitro benzene ring substituents is 1. The highest BCUT2D eigenvalue weighted by Crippen LogP contribution is 2.40. The summed E-state index contributed by atoms with van der Waals surface area (Å²) in [4.78, 5) is 31.6. The average molecular weight is 507 g/mol. The van der Waals surface area contributed by atoms with Crippen LogP contribution in [-0.2, 0) is 9.63 Å². The van der Waals surface area contributed by atoms with Crippen LogP contribution < -0.4 is 16.0 Å². The SMILES string of the molecule is Cl.Cl.O=C1Nc2ccc([N+](=O)[O-])cc2/C1=C1/Nc2ccccc2/C1=N\OCCN1CCNCC1. The molecule has 1 fully saturated rings. The van der Waals surface area contributed by atoms with Crippen LogP contribution in [-0.4, -0.2) is 60.8 Å². The zero-order valence-electron chi connectivity index (χ0n) is 18.1. The number of hydrogen-bond donors (Lipinski definition) is 3. The number of carbonyl (C=O) groups excluding carboxylic acids is 1. The minimum Gasteiger partial charge on any atom is -0.394 e. The number of allylic oxidation sites excluding steroid dienone is 1. The van der Waals surface area contributed by atoms with E-state index in [0.29, 0.717) is 34.8 Å². The molecule has 3 aliphatic heterocycles. The summed E-state index contributed by atoms with van der Waals surface area (Å²) >= 11 is 0. The van der Waals surface area contributed by atoms with Gasteiger partial charge in [0.15, 0.2) is 0 Å². The number of benzene rings is 2. The molecule has 5 rings (SSSR count). The van der Waals surface area contributed by atoms with E-state index in [2.05, 4.69) is 26.0 Å². The molecule has 12 heteroatoms. The number of halogens is 2. The van der Waals surface area contributed by atoms with Crippen LogP contribution in [0.25, 0.3) is 5.57 Å².